The van der Waals surface area contributed by atoms with Crippen LogP contribution in [0, 0.1) is 0 Å². The first-order chi connectivity index (χ1) is 16.8. The number of rotatable bonds is 6. The van der Waals surface area contributed by atoms with Crippen LogP contribution in [0.25, 0.3) is 33.4 Å². The summed E-state index contributed by atoms with van der Waals surface area (Å²) in [6, 6.07) is 44.5. The second-order valence-corrected chi connectivity index (χ2v) is 8.06. The van der Waals surface area contributed by atoms with E-state index in [1.807, 2.05) is 48.5 Å². The molecule has 0 spiro atoms. The lowest BCUT2D eigenvalue weighted by atomic mass is 9.85. The van der Waals surface area contributed by atoms with Gasteiger partial charge in [-0.25, -0.2) is 4.79 Å². The molecule has 0 atom stereocenters. The summed E-state index contributed by atoms with van der Waals surface area (Å²) in [5.41, 5.74) is 8.22. The first-order valence-electron chi connectivity index (χ1n) is 11.4. The largest absolute Gasteiger partial charge is 0.457 e. The molecular formula is C32H24O2. The molecule has 5 aromatic rings. The summed E-state index contributed by atoms with van der Waals surface area (Å²) in [5.74, 6) is -0.326. The lowest BCUT2D eigenvalue weighted by molar-refractivity contribution is 0.0473. The summed E-state index contributed by atoms with van der Waals surface area (Å²) in [7, 11) is 0. The number of hydrogen-bond donors (Lipinski definition) is 0. The number of ether oxygens (including phenoxy) is 1. The van der Waals surface area contributed by atoms with Crippen LogP contribution in [0.1, 0.15) is 15.9 Å². The molecule has 0 bridgehead atoms. The van der Waals surface area contributed by atoms with Crippen LogP contribution in [0.3, 0.4) is 0 Å². The monoisotopic (exact) mass is 440 g/mol. The summed E-state index contributed by atoms with van der Waals surface area (Å²) in [4.78, 5) is 12.7. The second kappa shape index (κ2) is 10.0. The molecule has 2 nitrogen and oxygen atoms in total. The van der Waals surface area contributed by atoms with Gasteiger partial charge < -0.3 is 4.74 Å². The highest BCUT2D eigenvalue weighted by Gasteiger charge is 2.19. The quantitative estimate of drug-likeness (QED) is 0.250. The Kier molecular flexibility index (Phi) is 6.31. The van der Waals surface area contributed by atoms with E-state index in [-0.39, 0.29) is 12.6 Å². The van der Waals surface area contributed by atoms with Gasteiger partial charge in [0, 0.05) is 0 Å². The van der Waals surface area contributed by atoms with Gasteiger partial charge >= 0.3 is 5.97 Å². The van der Waals surface area contributed by atoms with Gasteiger partial charge in [-0.15, -0.1) is 0 Å². The predicted molar refractivity (Wildman–Crippen MR) is 138 cm³/mol. The van der Waals surface area contributed by atoms with Crippen molar-refractivity contribution < 1.29 is 9.53 Å². The van der Waals surface area contributed by atoms with Crippen LogP contribution in [0.2, 0.25) is 0 Å². The maximum absolute atomic E-state index is 12.7. The fraction of sp³-hybridized carbons (Fsp3) is 0.0312. The van der Waals surface area contributed by atoms with Gasteiger partial charge in [0.1, 0.15) is 6.61 Å². The first kappa shape index (κ1) is 21.4. The first-order valence-corrected chi connectivity index (χ1v) is 11.4. The van der Waals surface area contributed by atoms with Gasteiger partial charge in [0.25, 0.3) is 0 Å². The Morgan fingerprint density at radius 3 is 1.53 bits per heavy atom. The second-order valence-electron chi connectivity index (χ2n) is 8.06. The predicted octanol–water partition coefficient (Wildman–Crippen LogP) is 8.04. The van der Waals surface area contributed by atoms with Crippen LogP contribution < -0.4 is 0 Å². The molecule has 0 aromatic heterocycles. The van der Waals surface area contributed by atoms with E-state index < -0.39 is 0 Å². The van der Waals surface area contributed by atoms with E-state index in [4.69, 9.17) is 4.74 Å². The number of benzene rings is 5. The SMILES string of the molecule is O=C(OCc1ccc(-c2ccccc2)c(-c2ccccc2)c1-c1ccccc1)c1ccccc1. The highest BCUT2D eigenvalue weighted by molar-refractivity contribution is 5.96. The number of carbonyl (C=O) groups excluding carboxylic acids is 1. The molecule has 0 radical (unpaired) electrons. The fourth-order valence-electron chi connectivity index (χ4n) is 4.26. The lowest BCUT2D eigenvalue weighted by Gasteiger charge is -2.20. The normalized spacial score (nSPS) is 10.6. The molecule has 164 valence electrons. The van der Waals surface area contributed by atoms with Crippen LogP contribution in [0.4, 0.5) is 0 Å². The Morgan fingerprint density at radius 1 is 0.500 bits per heavy atom. The molecule has 0 heterocycles. The third-order valence-corrected chi connectivity index (χ3v) is 5.87. The summed E-state index contributed by atoms with van der Waals surface area (Å²) in [6.45, 7) is 0.187. The van der Waals surface area contributed by atoms with Gasteiger partial charge in [0.2, 0.25) is 0 Å². The highest BCUT2D eigenvalue weighted by Crippen LogP contribution is 2.42. The zero-order valence-electron chi connectivity index (χ0n) is 18.7. The lowest BCUT2D eigenvalue weighted by Crippen LogP contribution is -2.06. The molecule has 0 unspecified atom stereocenters. The van der Waals surface area contributed by atoms with E-state index in [1.165, 1.54) is 0 Å². The zero-order valence-corrected chi connectivity index (χ0v) is 18.7. The van der Waals surface area contributed by atoms with Crippen molar-refractivity contribution in [1.29, 1.82) is 0 Å². The Labute approximate surface area is 200 Å². The van der Waals surface area contributed by atoms with Gasteiger partial charge in [-0.1, -0.05) is 121 Å². The van der Waals surface area contributed by atoms with Crippen molar-refractivity contribution in [3.05, 3.63) is 145 Å². The maximum Gasteiger partial charge on any atom is 0.338 e. The summed E-state index contributed by atoms with van der Waals surface area (Å²) in [6.07, 6.45) is 0. The molecule has 0 amide bonds. The Morgan fingerprint density at radius 2 is 0.971 bits per heavy atom. The maximum atomic E-state index is 12.7. The molecule has 5 aromatic carbocycles. The minimum absolute atomic E-state index is 0.187. The van der Waals surface area contributed by atoms with E-state index in [0.717, 1.165) is 38.9 Å². The number of esters is 1. The van der Waals surface area contributed by atoms with Crippen molar-refractivity contribution in [2.45, 2.75) is 6.61 Å². The van der Waals surface area contributed by atoms with Gasteiger partial charge in [-0.05, 0) is 51.1 Å². The van der Waals surface area contributed by atoms with Crippen LogP contribution >= 0.6 is 0 Å². The summed E-state index contributed by atoms with van der Waals surface area (Å²) >= 11 is 0. The molecule has 2 heteroatoms. The molecule has 0 aliphatic carbocycles. The van der Waals surface area contributed by atoms with Crippen molar-refractivity contribution in [2.75, 3.05) is 0 Å². The van der Waals surface area contributed by atoms with Gasteiger partial charge in [-0.3, -0.25) is 0 Å². The minimum atomic E-state index is -0.326. The fourth-order valence-corrected chi connectivity index (χ4v) is 4.26. The van der Waals surface area contributed by atoms with Crippen LogP contribution in [-0.2, 0) is 11.3 Å². The van der Waals surface area contributed by atoms with Gasteiger partial charge in [0.05, 0.1) is 5.56 Å². The smallest absolute Gasteiger partial charge is 0.338 e. The van der Waals surface area contributed by atoms with E-state index in [9.17, 15) is 4.79 Å². The van der Waals surface area contributed by atoms with E-state index in [2.05, 4.69) is 72.8 Å². The van der Waals surface area contributed by atoms with E-state index in [1.54, 1.807) is 12.1 Å². The topological polar surface area (TPSA) is 26.3 Å². The van der Waals surface area contributed by atoms with Crippen LogP contribution in [-0.4, -0.2) is 5.97 Å². The van der Waals surface area contributed by atoms with E-state index in [0.29, 0.717) is 5.56 Å². The molecule has 34 heavy (non-hydrogen) atoms. The molecule has 0 saturated heterocycles. The number of hydrogen-bond acceptors (Lipinski definition) is 2. The Balaban J connectivity index is 1.67. The zero-order chi connectivity index (χ0) is 23.2. The number of carbonyl (C=O) groups is 1. The van der Waals surface area contributed by atoms with Crippen molar-refractivity contribution in [2.24, 2.45) is 0 Å². The minimum Gasteiger partial charge on any atom is -0.457 e. The Hall–Kier alpha value is -4.43. The summed E-state index contributed by atoms with van der Waals surface area (Å²) < 4.78 is 5.77. The highest BCUT2D eigenvalue weighted by atomic mass is 16.5. The van der Waals surface area contributed by atoms with Crippen LogP contribution in [0.15, 0.2) is 133 Å². The molecule has 0 aliphatic heterocycles. The molecule has 0 aliphatic rings. The molecule has 0 fully saturated rings. The standard InChI is InChI=1S/C32H24O2/c33-32(27-19-11-4-12-20-27)34-23-28-21-22-29(24-13-5-1-6-14-24)31(26-17-9-3-10-18-26)30(28)25-15-7-2-8-16-25/h1-22H,23H2. The van der Waals surface area contributed by atoms with Crippen molar-refractivity contribution in [1.82, 2.24) is 0 Å². The molecule has 0 saturated carbocycles. The van der Waals surface area contributed by atoms with Crippen molar-refractivity contribution in [3.8, 4) is 33.4 Å². The Bertz CT molecular complexity index is 1380. The van der Waals surface area contributed by atoms with Crippen molar-refractivity contribution >= 4 is 5.97 Å². The third kappa shape index (κ3) is 4.53. The average Bonchev–Trinajstić information content (AvgIpc) is 2.93. The third-order valence-electron chi connectivity index (χ3n) is 5.87. The van der Waals surface area contributed by atoms with Gasteiger partial charge in [0.15, 0.2) is 0 Å². The summed E-state index contributed by atoms with van der Waals surface area (Å²) in [5, 5.41) is 0. The van der Waals surface area contributed by atoms with Crippen LogP contribution in [0.5, 0.6) is 0 Å². The molecule has 0 N–H and O–H groups in total. The molecular weight excluding hydrogens is 416 g/mol. The average molecular weight is 441 g/mol. The van der Waals surface area contributed by atoms with E-state index >= 15 is 0 Å². The van der Waals surface area contributed by atoms with Gasteiger partial charge in [-0.2, -0.15) is 0 Å². The molecule has 5 rings (SSSR count). The van der Waals surface area contributed by atoms with Crippen molar-refractivity contribution in [3.63, 3.8) is 0 Å².